The zero-order valence-corrected chi connectivity index (χ0v) is 9.86. The van der Waals surface area contributed by atoms with Crippen molar-refractivity contribution in [1.29, 1.82) is 0 Å². The highest BCUT2D eigenvalue weighted by molar-refractivity contribution is 5.87. The van der Waals surface area contributed by atoms with Gasteiger partial charge in [-0.2, -0.15) is 4.39 Å². The molecule has 0 bridgehead atoms. The van der Waals surface area contributed by atoms with Gasteiger partial charge in [0, 0.05) is 0 Å². The Morgan fingerprint density at radius 1 is 1.35 bits per heavy atom. The van der Waals surface area contributed by atoms with E-state index in [0.717, 1.165) is 25.7 Å². The first-order valence-electron chi connectivity index (χ1n) is 5.98. The molecular weight excluding hydrogens is 221 g/mol. The average molecular weight is 237 g/mol. The molecule has 1 aromatic rings. The fourth-order valence-corrected chi connectivity index (χ4v) is 2.08. The highest BCUT2D eigenvalue weighted by Crippen LogP contribution is 2.26. The largest absolute Gasteiger partial charge is 0.458 e. The van der Waals surface area contributed by atoms with Gasteiger partial charge in [-0.05, 0) is 43.7 Å². The van der Waals surface area contributed by atoms with E-state index >= 15 is 0 Å². The lowest BCUT2D eigenvalue weighted by Gasteiger charge is -2.25. The third kappa shape index (κ3) is 3.25. The summed E-state index contributed by atoms with van der Waals surface area (Å²) in [5.74, 6) is -0.474. The highest BCUT2D eigenvalue weighted by Gasteiger charge is 2.22. The lowest BCUT2D eigenvalue weighted by Crippen LogP contribution is -2.24. The van der Waals surface area contributed by atoms with Crippen LogP contribution in [0.25, 0.3) is 0 Å². The number of rotatable bonds is 2. The summed E-state index contributed by atoms with van der Waals surface area (Å²) in [7, 11) is 0. The minimum atomic E-state index is -0.656. The summed E-state index contributed by atoms with van der Waals surface area (Å²) in [5.41, 5.74) is 0.0450. The van der Waals surface area contributed by atoms with Crippen molar-refractivity contribution >= 4 is 5.97 Å². The Labute approximate surface area is 100 Å². The van der Waals surface area contributed by atoms with Crippen LogP contribution in [-0.4, -0.2) is 17.1 Å². The Morgan fingerprint density at radius 2 is 2.06 bits per heavy atom. The molecule has 17 heavy (non-hydrogen) atoms. The van der Waals surface area contributed by atoms with E-state index in [1.807, 2.05) is 0 Å². The third-order valence-corrected chi connectivity index (χ3v) is 3.16. The molecule has 3 nitrogen and oxygen atoms in total. The number of carbonyl (C=O) groups excluding carboxylic acids is 1. The van der Waals surface area contributed by atoms with Crippen molar-refractivity contribution in [3.8, 4) is 0 Å². The van der Waals surface area contributed by atoms with Gasteiger partial charge in [-0.15, -0.1) is 0 Å². The van der Waals surface area contributed by atoms with E-state index < -0.39 is 11.9 Å². The first-order valence-corrected chi connectivity index (χ1v) is 5.98. The van der Waals surface area contributed by atoms with Crippen LogP contribution in [0.3, 0.4) is 0 Å². The SMILES string of the molecule is CC1CCC(OC(=O)c2cccc(F)n2)CC1. The van der Waals surface area contributed by atoms with Gasteiger partial charge in [0.2, 0.25) is 5.95 Å². The zero-order valence-electron chi connectivity index (χ0n) is 9.86. The van der Waals surface area contributed by atoms with Crippen molar-refractivity contribution < 1.29 is 13.9 Å². The molecule has 0 aliphatic heterocycles. The quantitative estimate of drug-likeness (QED) is 0.586. The first-order chi connectivity index (χ1) is 8.15. The van der Waals surface area contributed by atoms with Gasteiger partial charge in [-0.3, -0.25) is 0 Å². The van der Waals surface area contributed by atoms with Gasteiger partial charge in [-0.25, -0.2) is 9.78 Å². The second-order valence-corrected chi connectivity index (χ2v) is 4.63. The van der Waals surface area contributed by atoms with Crippen molar-refractivity contribution in [3.05, 3.63) is 29.8 Å². The zero-order chi connectivity index (χ0) is 12.3. The normalized spacial score (nSPS) is 24.4. The molecule has 4 heteroatoms. The third-order valence-electron chi connectivity index (χ3n) is 3.16. The van der Waals surface area contributed by atoms with Crippen LogP contribution in [0.4, 0.5) is 4.39 Å². The molecule has 1 heterocycles. The Bertz CT molecular complexity index is 400. The number of ether oxygens (including phenoxy) is 1. The molecule has 0 unspecified atom stereocenters. The number of hydrogen-bond acceptors (Lipinski definition) is 3. The summed E-state index contributed by atoms with van der Waals surface area (Å²) >= 11 is 0. The summed E-state index contributed by atoms with van der Waals surface area (Å²) in [6.07, 6.45) is 3.90. The highest BCUT2D eigenvalue weighted by atomic mass is 19.1. The Hall–Kier alpha value is -1.45. The van der Waals surface area contributed by atoms with Crippen molar-refractivity contribution in [3.63, 3.8) is 0 Å². The molecule has 1 aliphatic carbocycles. The molecule has 0 atom stereocenters. The van der Waals surface area contributed by atoms with E-state index in [4.69, 9.17) is 4.74 Å². The summed E-state index contributed by atoms with van der Waals surface area (Å²) in [6.45, 7) is 2.20. The number of nitrogens with zero attached hydrogens (tertiary/aromatic N) is 1. The second-order valence-electron chi connectivity index (χ2n) is 4.63. The van der Waals surface area contributed by atoms with E-state index in [0.29, 0.717) is 5.92 Å². The predicted molar refractivity (Wildman–Crippen MR) is 61.0 cm³/mol. The summed E-state index contributed by atoms with van der Waals surface area (Å²) < 4.78 is 18.2. The van der Waals surface area contributed by atoms with Gasteiger partial charge in [0.1, 0.15) is 6.10 Å². The summed E-state index contributed by atoms with van der Waals surface area (Å²) in [5, 5.41) is 0. The van der Waals surface area contributed by atoms with Crippen LogP contribution < -0.4 is 0 Å². The molecular formula is C13H16FNO2. The number of aromatic nitrogens is 1. The van der Waals surface area contributed by atoms with Gasteiger partial charge in [-0.1, -0.05) is 13.0 Å². The number of pyridine rings is 1. The lowest BCUT2D eigenvalue weighted by molar-refractivity contribution is 0.0166. The van der Waals surface area contributed by atoms with Crippen LogP contribution in [0, 0.1) is 11.9 Å². The Balaban J connectivity index is 1.93. The van der Waals surface area contributed by atoms with Crippen molar-refractivity contribution in [2.24, 2.45) is 5.92 Å². The van der Waals surface area contributed by atoms with Crippen LogP contribution in [0.15, 0.2) is 18.2 Å². The number of esters is 1. The standard InChI is InChI=1S/C13H16FNO2/c1-9-5-7-10(8-6-9)17-13(16)11-3-2-4-12(14)15-11/h2-4,9-10H,5-8H2,1H3. The summed E-state index contributed by atoms with van der Waals surface area (Å²) in [6, 6.07) is 4.14. The predicted octanol–water partition coefficient (Wildman–Crippen LogP) is 2.96. The molecule has 1 aromatic heterocycles. The van der Waals surface area contributed by atoms with Gasteiger partial charge in [0.25, 0.3) is 0 Å². The van der Waals surface area contributed by atoms with Crippen molar-refractivity contribution in [2.45, 2.75) is 38.7 Å². The summed E-state index contributed by atoms with van der Waals surface area (Å²) in [4.78, 5) is 15.2. The lowest BCUT2D eigenvalue weighted by atomic mass is 9.89. The number of hydrogen-bond donors (Lipinski definition) is 0. The monoisotopic (exact) mass is 237 g/mol. The molecule has 1 fully saturated rings. The topological polar surface area (TPSA) is 39.2 Å². The minimum Gasteiger partial charge on any atom is -0.458 e. The smallest absolute Gasteiger partial charge is 0.357 e. The number of carbonyl (C=O) groups is 1. The Kier molecular flexibility index (Phi) is 3.71. The second kappa shape index (κ2) is 5.25. The molecule has 0 radical (unpaired) electrons. The van der Waals surface area contributed by atoms with E-state index in [1.54, 1.807) is 0 Å². The van der Waals surface area contributed by atoms with Crippen LogP contribution in [-0.2, 0) is 4.74 Å². The molecule has 1 aliphatic rings. The van der Waals surface area contributed by atoms with E-state index in [2.05, 4.69) is 11.9 Å². The van der Waals surface area contributed by atoms with Crippen molar-refractivity contribution in [1.82, 2.24) is 4.98 Å². The molecule has 0 spiro atoms. The van der Waals surface area contributed by atoms with E-state index in [9.17, 15) is 9.18 Å². The van der Waals surface area contributed by atoms with Crippen molar-refractivity contribution in [2.75, 3.05) is 0 Å². The molecule has 0 N–H and O–H groups in total. The van der Waals surface area contributed by atoms with Gasteiger partial charge in [0.15, 0.2) is 5.69 Å². The van der Waals surface area contributed by atoms with Gasteiger partial charge < -0.3 is 4.74 Å². The van der Waals surface area contributed by atoms with E-state index in [-0.39, 0.29) is 11.8 Å². The first kappa shape index (κ1) is 12.0. The van der Waals surface area contributed by atoms with Gasteiger partial charge >= 0.3 is 5.97 Å². The molecule has 92 valence electrons. The molecule has 0 saturated heterocycles. The maximum atomic E-state index is 12.8. The molecule has 2 rings (SSSR count). The maximum absolute atomic E-state index is 12.8. The average Bonchev–Trinajstić information content (AvgIpc) is 2.32. The van der Waals surface area contributed by atoms with Crippen LogP contribution in [0.2, 0.25) is 0 Å². The van der Waals surface area contributed by atoms with E-state index in [1.165, 1.54) is 18.2 Å². The van der Waals surface area contributed by atoms with Crippen LogP contribution in [0.5, 0.6) is 0 Å². The minimum absolute atomic E-state index is 0.0382. The van der Waals surface area contributed by atoms with Crippen LogP contribution in [0.1, 0.15) is 43.1 Å². The Morgan fingerprint density at radius 3 is 2.71 bits per heavy atom. The number of halogens is 1. The van der Waals surface area contributed by atoms with Gasteiger partial charge in [0.05, 0.1) is 0 Å². The molecule has 1 saturated carbocycles. The fourth-order valence-electron chi connectivity index (χ4n) is 2.08. The fraction of sp³-hybridized carbons (Fsp3) is 0.538. The molecule has 0 aromatic carbocycles. The molecule has 0 amide bonds. The maximum Gasteiger partial charge on any atom is 0.357 e. The van der Waals surface area contributed by atoms with Crippen LogP contribution >= 0.6 is 0 Å².